The second-order valence-corrected chi connectivity index (χ2v) is 5.19. The molecule has 0 saturated carbocycles. The third kappa shape index (κ3) is 6.60. The molecule has 1 rings (SSSR count). The fourth-order valence-electron chi connectivity index (χ4n) is 1.99. The highest BCUT2D eigenvalue weighted by Crippen LogP contribution is 2.19. The van der Waals surface area contributed by atoms with Gasteiger partial charge >= 0.3 is 0 Å². The Hall–Kier alpha value is -1.59. The molecule has 1 aromatic carbocycles. The molecule has 2 atom stereocenters. The van der Waals surface area contributed by atoms with Crippen LogP contribution in [0.2, 0.25) is 0 Å². The molecule has 0 saturated heterocycles. The van der Waals surface area contributed by atoms with Gasteiger partial charge in [-0.1, -0.05) is 25.1 Å². The van der Waals surface area contributed by atoms with E-state index in [0.29, 0.717) is 6.61 Å². The molecule has 0 radical (unpaired) electrons. The van der Waals surface area contributed by atoms with E-state index in [0.717, 1.165) is 24.2 Å². The summed E-state index contributed by atoms with van der Waals surface area (Å²) in [4.78, 5) is 11.8. The number of rotatable bonds is 9. The predicted molar refractivity (Wildman–Crippen MR) is 83.4 cm³/mol. The van der Waals surface area contributed by atoms with Gasteiger partial charge in [0.15, 0.2) is 6.61 Å². The second kappa shape index (κ2) is 9.37. The topological polar surface area (TPSA) is 73.6 Å². The molecule has 0 aliphatic rings. The summed E-state index contributed by atoms with van der Waals surface area (Å²) in [6, 6.07) is 7.76. The van der Waals surface area contributed by atoms with Gasteiger partial charge in [-0.2, -0.15) is 0 Å². The van der Waals surface area contributed by atoms with E-state index in [4.69, 9.17) is 15.2 Å². The SMILES string of the molecule is CCC(N)Cc1ccccc1OCC(=O)NC(C)COC. The van der Waals surface area contributed by atoms with Crippen molar-refractivity contribution in [2.75, 3.05) is 20.3 Å². The minimum absolute atomic E-state index is 0.00751. The summed E-state index contributed by atoms with van der Waals surface area (Å²) in [7, 11) is 1.60. The van der Waals surface area contributed by atoms with Crippen LogP contribution in [0.1, 0.15) is 25.8 Å². The van der Waals surface area contributed by atoms with Gasteiger partial charge in [0.1, 0.15) is 5.75 Å². The molecule has 1 amide bonds. The number of ether oxygens (including phenoxy) is 2. The standard InChI is InChI=1S/C16H26N2O3/c1-4-14(17)9-13-7-5-6-8-15(13)21-11-16(19)18-12(2)10-20-3/h5-8,12,14H,4,9-11,17H2,1-3H3,(H,18,19). The molecular formula is C16H26N2O3. The van der Waals surface area contributed by atoms with Crippen LogP contribution < -0.4 is 15.8 Å². The van der Waals surface area contributed by atoms with E-state index < -0.39 is 0 Å². The maximum Gasteiger partial charge on any atom is 0.258 e. The molecule has 0 heterocycles. The van der Waals surface area contributed by atoms with E-state index in [1.807, 2.05) is 31.2 Å². The Morgan fingerprint density at radius 3 is 2.76 bits per heavy atom. The van der Waals surface area contributed by atoms with Crippen LogP contribution in [0.5, 0.6) is 5.75 Å². The Balaban J connectivity index is 2.53. The first kappa shape index (κ1) is 17.5. The van der Waals surface area contributed by atoms with Crippen LogP contribution in [-0.2, 0) is 16.0 Å². The summed E-state index contributed by atoms with van der Waals surface area (Å²) in [5.74, 6) is 0.560. The van der Waals surface area contributed by atoms with Crippen LogP contribution in [0.4, 0.5) is 0 Å². The quantitative estimate of drug-likeness (QED) is 0.724. The first-order valence-electron chi connectivity index (χ1n) is 7.31. The summed E-state index contributed by atoms with van der Waals surface area (Å²) in [5, 5.41) is 2.81. The zero-order valence-electron chi connectivity index (χ0n) is 13.1. The highest BCUT2D eigenvalue weighted by molar-refractivity contribution is 5.77. The van der Waals surface area contributed by atoms with E-state index in [1.165, 1.54) is 0 Å². The van der Waals surface area contributed by atoms with Crippen LogP contribution in [0, 0.1) is 0 Å². The zero-order chi connectivity index (χ0) is 15.7. The van der Waals surface area contributed by atoms with Crippen molar-refractivity contribution in [1.29, 1.82) is 0 Å². The largest absolute Gasteiger partial charge is 0.483 e. The molecule has 0 fully saturated rings. The molecule has 1 aromatic rings. The number of para-hydroxylation sites is 1. The minimum atomic E-state index is -0.158. The van der Waals surface area contributed by atoms with Crippen LogP contribution in [0.15, 0.2) is 24.3 Å². The number of benzene rings is 1. The average Bonchev–Trinajstić information content (AvgIpc) is 2.46. The van der Waals surface area contributed by atoms with Crippen molar-refractivity contribution in [3.05, 3.63) is 29.8 Å². The Morgan fingerprint density at radius 1 is 1.38 bits per heavy atom. The van der Waals surface area contributed by atoms with E-state index in [2.05, 4.69) is 12.2 Å². The Bertz CT molecular complexity index is 437. The maximum atomic E-state index is 11.8. The molecule has 0 aromatic heterocycles. The van der Waals surface area contributed by atoms with Gasteiger partial charge in [0.25, 0.3) is 5.91 Å². The average molecular weight is 294 g/mol. The smallest absolute Gasteiger partial charge is 0.258 e. The normalized spacial score (nSPS) is 13.5. The van der Waals surface area contributed by atoms with Crippen molar-refractivity contribution < 1.29 is 14.3 Å². The van der Waals surface area contributed by atoms with Crippen molar-refractivity contribution in [3.63, 3.8) is 0 Å². The Kier molecular flexibility index (Phi) is 7.79. The zero-order valence-corrected chi connectivity index (χ0v) is 13.1. The third-order valence-electron chi connectivity index (χ3n) is 3.16. The first-order valence-corrected chi connectivity index (χ1v) is 7.31. The van der Waals surface area contributed by atoms with Crippen molar-refractivity contribution in [2.24, 2.45) is 5.73 Å². The molecular weight excluding hydrogens is 268 g/mol. The molecule has 3 N–H and O–H groups in total. The molecule has 21 heavy (non-hydrogen) atoms. The molecule has 5 nitrogen and oxygen atoms in total. The number of hydrogen-bond donors (Lipinski definition) is 2. The van der Waals surface area contributed by atoms with E-state index in [9.17, 15) is 4.79 Å². The summed E-state index contributed by atoms with van der Waals surface area (Å²) in [6.07, 6.45) is 1.65. The number of nitrogens with two attached hydrogens (primary N) is 1. The van der Waals surface area contributed by atoms with Crippen LogP contribution in [0.3, 0.4) is 0 Å². The van der Waals surface area contributed by atoms with Gasteiger partial charge in [-0.25, -0.2) is 0 Å². The van der Waals surface area contributed by atoms with Crippen LogP contribution in [0.25, 0.3) is 0 Å². The van der Waals surface area contributed by atoms with Gasteiger partial charge in [0.05, 0.1) is 6.61 Å². The summed E-state index contributed by atoms with van der Waals surface area (Å²) < 4.78 is 10.6. The number of amides is 1. The fraction of sp³-hybridized carbons (Fsp3) is 0.562. The summed E-state index contributed by atoms with van der Waals surface area (Å²) in [5.41, 5.74) is 7.01. The number of hydrogen-bond acceptors (Lipinski definition) is 4. The summed E-state index contributed by atoms with van der Waals surface area (Å²) in [6.45, 7) is 4.41. The van der Waals surface area contributed by atoms with Gasteiger partial charge in [-0.05, 0) is 31.4 Å². The molecule has 0 spiro atoms. The first-order chi connectivity index (χ1) is 10.1. The van der Waals surface area contributed by atoms with E-state index in [-0.39, 0.29) is 24.6 Å². The summed E-state index contributed by atoms with van der Waals surface area (Å²) >= 11 is 0. The second-order valence-electron chi connectivity index (χ2n) is 5.19. The lowest BCUT2D eigenvalue weighted by Gasteiger charge is -2.16. The Morgan fingerprint density at radius 2 is 2.10 bits per heavy atom. The highest BCUT2D eigenvalue weighted by atomic mass is 16.5. The lowest BCUT2D eigenvalue weighted by atomic mass is 10.0. The van der Waals surface area contributed by atoms with E-state index >= 15 is 0 Å². The third-order valence-corrected chi connectivity index (χ3v) is 3.16. The molecule has 118 valence electrons. The number of carbonyl (C=O) groups is 1. The number of nitrogens with one attached hydrogen (secondary N) is 1. The lowest BCUT2D eigenvalue weighted by Crippen LogP contribution is -2.38. The lowest BCUT2D eigenvalue weighted by molar-refractivity contribution is -0.124. The molecule has 0 aliphatic heterocycles. The van der Waals surface area contributed by atoms with Crippen LogP contribution in [-0.4, -0.2) is 38.3 Å². The van der Waals surface area contributed by atoms with Gasteiger partial charge in [0, 0.05) is 19.2 Å². The molecule has 0 bridgehead atoms. The van der Waals surface area contributed by atoms with Crippen molar-refractivity contribution in [3.8, 4) is 5.75 Å². The fourth-order valence-corrected chi connectivity index (χ4v) is 1.99. The monoisotopic (exact) mass is 294 g/mol. The Labute approximate surface area is 126 Å². The number of carbonyl (C=O) groups excluding carboxylic acids is 1. The van der Waals surface area contributed by atoms with Crippen molar-refractivity contribution in [1.82, 2.24) is 5.32 Å². The van der Waals surface area contributed by atoms with Gasteiger partial charge in [-0.3, -0.25) is 4.79 Å². The number of methoxy groups -OCH3 is 1. The van der Waals surface area contributed by atoms with Crippen molar-refractivity contribution in [2.45, 2.75) is 38.8 Å². The van der Waals surface area contributed by atoms with E-state index in [1.54, 1.807) is 7.11 Å². The van der Waals surface area contributed by atoms with Gasteiger partial charge in [-0.15, -0.1) is 0 Å². The van der Waals surface area contributed by atoms with Gasteiger partial charge in [0.2, 0.25) is 0 Å². The molecule has 2 unspecified atom stereocenters. The van der Waals surface area contributed by atoms with Crippen LogP contribution >= 0.6 is 0 Å². The highest BCUT2D eigenvalue weighted by Gasteiger charge is 2.11. The molecule has 5 heteroatoms. The van der Waals surface area contributed by atoms with Crippen molar-refractivity contribution >= 4 is 5.91 Å². The van der Waals surface area contributed by atoms with Gasteiger partial charge < -0.3 is 20.5 Å². The predicted octanol–water partition coefficient (Wildman–Crippen LogP) is 1.50. The maximum absolute atomic E-state index is 11.8. The minimum Gasteiger partial charge on any atom is -0.483 e. The molecule has 0 aliphatic carbocycles.